The number of nitrogens with zero attached hydrogens (tertiary/aromatic N) is 5. The summed E-state index contributed by atoms with van der Waals surface area (Å²) in [7, 11) is 0. The number of nitrogens with one attached hydrogen (secondary N) is 1. The van der Waals surface area contributed by atoms with Gasteiger partial charge in [-0.2, -0.15) is 0 Å². The minimum Gasteiger partial charge on any atom is -0.354 e. The summed E-state index contributed by atoms with van der Waals surface area (Å²) in [5, 5.41) is 16.3. The van der Waals surface area contributed by atoms with Crippen molar-refractivity contribution in [2.75, 3.05) is 19.6 Å². The fourth-order valence-corrected chi connectivity index (χ4v) is 4.31. The first kappa shape index (κ1) is 17.8. The number of hydrogen-bond donors (Lipinski definition) is 1. The van der Waals surface area contributed by atoms with Crippen LogP contribution in [0.5, 0.6) is 0 Å². The highest BCUT2D eigenvalue weighted by atomic mass is 32.1. The van der Waals surface area contributed by atoms with E-state index in [4.69, 9.17) is 0 Å². The molecule has 3 aromatic rings. The summed E-state index contributed by atoms with van der Waals surface area (Å²) < 4.78 is 1.59. The SMILES string of the molecule is O=C(Cc1ccc(-n2cnnn2)cc1)NCC(c1cccs1)N1CCCC1. The Kier molecular flexibility index (Phi) is 5.55. The number of amides is 1. The van der Waals surface area contributed by atoms with Gasteiger partial charge < -0.3 is 5.32 Å². The van der Waals surface area contributed by atoms with E-state index in [0.717, 1.165) is 24.3 Å². The molecule has 1 N–H and O–H groups in total. The van der Waals surface area contributed by atoms with Crippen LogP contribution in [0.2, 0.25) is 0 Å². The molecule has 1 atom stereocenters. The van der Waals surface area contributed by atoms with Crippen LogP contribution in [0.25, 0.3) is 5.69 Å². The molecule has 1 saturated heterocycles. The molecule has 0 radical (unpaired) electrons. The second-order valence-electron chi connectivity index (χ2n) is 6.68. The van der Waals surface area contributed by atoms with Crippen LogP contribution in [0.4, 0.5) is 0 Å². The van der Waals surface area contributed by atoms with Crippen molar-refractivity contribution in [2.24, 2.45) is 0 Å². The summed E-state index contributed by atoms with van der Waals surface area (Å²) >= 11 is 1.76. The summed E-state index contributed by atoms with van der Waals surface area (Å²) in [5.41, 5.74) is 1.84. The van der Waals surface area contributed by atoms with E-state index >= 15 is 0 Å². The zero-order chi connectivity index (χ0) is 18.5. The van der Waals surface area contributed by atoms with Gasteiger partial charge in [-0.25, -0.2) is 4.68 Å². The number of hydrogen-bond acceptors (Lipinski definition) is 6. The molecule has 1 fully saturated rings. The first-order valence-electron chi connectivity index (χ1n) is 9.16. The number of likely N-dealkylation sites (tertiary alicyclic amines) is 1. The van der Waals surface area contributed by atoms with Crippen LogP contribution in [-0.4, -0.2) is 50.6 Å². The summed E-state index contributed by atoms with van der Waals surface area (Å²) in [6.45, 7) is 2.87. The second kappa shape index (κ2) is 8.41. The number of tetrazole rings is 1. The van der Waals surface area contributed by atoms with Crippen LogP contribution in [-0.2, 0) is 11.2 Å². The van der Waals surface area contributed by atoms with Gasteiger partial charge in [0.05, 0.1) is 18.2 Å². The molecule has 0 saturated carbocycles. The van der Waals surface area contributed by atoms with Crippen molar-refractivity contribution in [1.82, 2.24) is 30.4 Å². The fraction of sp³-hybridized carbons (Fsp3) is 0.368. The Morgan fingerprint density at radius 1 is 1.19 bits per heavy atom. The van der Waals surface area contributed by atoms with E-state index in [1.807, 2.05) is 24.3 Å². The Hall–Kier alpha value is -2.58. The highest BCUT2D eigenvalue weighted by molar-refractivity contribution is 7.10. The number of thiophene rings is 1. The quantitative estimate of drug-likeness (QED) is 0.678. The van der Waals surface area contributed by atoms with Crippen molar-refractivity contribution in [3.05, 3.63) is 58.5 Å². The minimum absolute atomic E-state index is 0.0472. The van der Waals surface area contributed by atoms with Crippen molar-refractivity contribution < 1.29 is 4.79 Å². The maximum atomic E-state index is 12.5. The van der Waals surface area contributed by atoms with Gasteiger partial charge in [-0.3, -0.25) is 9.69 Å². The first-order chi connectivity index (χ1) is 13.3. The van der Waals surface area contributed by atoms with Crippen molar-refractivity contribution in [2.45, 2.75) is 25.3 Å². The van der Waals surface area contributed by atoms with E-state index in [1.165, 1.54) is 17.7 Å². The standard InChI is InChI=1S/C19H22N6OS/c26-19(12-15-5-7-16(8-6-15)25-14-21-22-23-25)20-13-17(18-4-3-11-27-18)24-9-1-2-10-24/h3-8,11,14,17H,1-2,9-10,12-13H2,(H,20,26). The van der Waals surface area contributed by atoms with E-state index in [-0.39, 0.29) is 11.9 Å². The number of benzene rings is 1. The summed E-state index contributed by atoms with van der Waals surface area (Å²) in [6, 6.07) is 12.2. The number of carbonyl (C=O) groups is 1. The lowest BCUT2D eigenvalue weighted by molar-refractivity contribution is -0.120. The minimum atomic E-state index is 0.0472. The molecular weight excluding hydrogens is 360 g/mol. The van der Waals surface area contributed by atoms with Gasteiger partial charge in [0.15, 0.2) is 0 Å². The predicted molar refractivity (Wildman–Crippen MR) is 104 cm³/mol. The molecule has 1 aliphatic rings. The molecule has 3 heterocycles. The van der Waals surface area contributed by atoms with Crippen molar-refractivity contribution in [3.8, 4) is 5.69 Å². The maximum Gasteiger partial charge on any atom is 0.224 e. The molecule has 1 unspecified atom stereocenters. The van der Waals surface area contributed by atoms with Crippen LogP contribution >= 0.6 is 11.3 Å². The zero-order valence-corrected chi connectivity index (χ0v) is 15.8. The van der Waals surface area contributed by atoms with Gasteiger partial charge in [0, 0.05) is 11.4 Å². The lowest BCUT2D eigenvalue weighted by Gasteiger charge is -2.27. The topological polar surface area (TPSA) is 75.9 Å². The van der Waals surface area contributed by atoms with Gasteiger partial charge in [-0.05, 0) is 65.5 Å². The van der Waals surface area contributed by atoms with Crippen LogP contribution < -0.4 is 5.32 Å². The van der Waals surface area contributed by atoms with Gasteiger partial charge >= 0.3 is 0 Å². The van der Waals surface area contributed by atoms with Crippen LogP contribution in [0.15, 0.2) is 48.1 Å². The Balaban J connectivity index is 1.34. The molecule has 0 aliphatic carbocycles. The Labute approximate surface area is 162 Å². The molecule has 0 spiro atoms. The molecular formula is C19H22N6OS. The van der Waals surface area contributed by atoms with Crippen LogP contribution in [0.3, 0.4) is 0 Å². The third kappa shape index (κ3) is 4.40. The number of aromatic nitrogens is 4. The van der Waals surface area contributed by atoms with E-state index in [9.17, 15) is 4.79 Å². The third-order valence-corrected chi connectivity index (χ3v) is 5.83. The van der Waals surface area contributed by atoms with Gasteiger partial charge in [0.1, 0.15) is 6.33 Å². The normalized spacial score (nSPS) is 15.7. The van der Waals surface area contributed by atoms with Crippen LogP contribution in [0.1, 0.15) is 29.3 Å². The predicted octanol–water partition coefficient (Wildman–Crippen LogP) is 2.22. The first-order valence-corrected chi connectivity index (χ1v) is 10.0. The average Bonchev–Trinajstić information content (AvgIpc) is 3.45. The Bertz CT molecular complexity index is 841. The summed E-state index contributed by atoms with van der Waals surface area (Å²) in [6.07, 6.45) is 4.39. The highest BCUT2D eigenvalue weighted by Crippen LogP contribution is 2.27. The van der Waals surface area contributed by atoms with Crippen molar-refractivity contribution in [1.29, 1.82) is 0 Å². The maximum absolute atomic E-state index is 12.5. The summed E-state index contributed by atoms with van der Waals surface area (Å²) in [5.74, 6) is 0.0472. The van der Waals surface area contributed by atoms with Crippen molar-refractivity contribution in [3.63, 3.8) is 0 Å². The van der Waals surface area contributed by atoms with E-state index in [0.29, 0.717) is 13.0 Å². The largest absolute Gasteiger partial charge is 0.354 e. The third-order valence-electron chi connectivity index (χ3n) is 4.86. The Morgan fingerprint density at radius 2 is 2.00 bits per heavy atom. The number of carbonyl (C=O) groups excluding carboxylic acids is 1. The molecule has 0 bridgehead atoms. The molecule has 7 nitrogen and oxygen atoms in total. The molecule has 1 aromatic carbocycles. The molecule has 8 heteroatoms. The Morgan fingerprint density at radius 3 is 2.67 bits per heavy atom. The second-order valence-corrected chi connectivity index (χ2v) is 7.66. The van der Waals surface area contributed by atoms with Crippen molar-refractivity contribution >= 4 is 17.2 Å². The van der Waals surface area contributed by atoms with E-state index in [1.54, 1.807) is 22.3 Å². The average molecular weight is 382 g/mol. The van der Waals surface area contributed by atoms with Gasteiger partial charge in [0.25, 0.3) is 0 Å². The lowest BCUT2D eigenvalue weighted by Crippen LogP contribution is -2.37. The zero-order valence-electron chi connectivity index (χ0n) is 15.0. The molecule has 1 aliphatic heterocycles. The fourth-order valence-electron chi connectivity index (χ4n) is 3.45. The van der Waals surface area contributed by atoms with Gasteiger partial charge in [-0.15, -0.1) is 16.4 Å². The highest BCUT2D eigenvalue weighted by Gasteiger charge is 2.24. The lowest BCUT2D eigenvalue weighted by atomic mass is 10.1. The van der Waals surface area contributed by atoms with Gasteiger partial charge in [-0.1, -0.05) is 18.2 Å². The molecule has 1 amide bonds. The molecule has 2 aromatic heterocycles. The smallest absolute Gasteiger partial charge is 0.224 e. The van der Waals surface area contributed by atoms with Crippen LogP contribution in [0, 0.1) is 0 Å². The monoisotopic (exact) mass is 382 g/mol. The number of rotatable bonds is 7. The molecule has 140 valence electrons. The molecule has 4 rings (SSSR count). The summed E-state index contributed by atoms with van der Waals surface area (Å²) in [4.78, 5) is 16.3. The van der Waals surface area contributed by atoms with E-state index < -0.39 is 0 Å². The van der Waals surface area contributed by atoms with Gasteiger partial charge in [0.2, 0.25) is 5.91 Å². The molecule has 27 heavy (non-hydrogen) atoms. The van der Waals surface area contributed by atoms with E-state index in [2.05, 4.69) is 43.3 Å².